The summed E-state index contributed by atoms with van der Waals surface area (Å²) in [7, 11) is 1.58. The van der Waals surface area contributed by atoms with Crippen molar-refractivity contribution in [3.05, 3.63) is 29.8 Å². The molecule has 0 aromatic heterocycles. The molecule has 1 aromatic carbocycles. The first-order valence-corrected chi connectivity index (χ1v) is 7.20. The fourth-order valence-electron chi connectivity index (χ4n) is 1.64. The van der Waals surface area contributed by atoms with E-state index in [0.717, 1.165) is 11.3 Å². The summed E-state index contributed by atoms with van der Waals surface area (Å²) in [5.41, 5.74) is 0.502. The Morgan fingerprint density at radius 1 is 1.30 bits per heavy atom. The molecule has 2 N–H and O–H groups in total. The zero-order chi connectivity index (χ0) is 16.4. The second-order valence-electron chi connectivity index (χ2n) is 5.69. The topological polar surface area (TPSA) is 68.8 Å². The number of carbonyl (C=O) groups is 1. The molecule has 0 saturated heterocycles. The maximum Gasteiger partial charge on any atom is 0.407 e. The first-order valence-electron chi connectivity index (χ1n) is 7.20. The van der Waals surface area contributed by atoms with Gasteiger partial charge in [0, 0.05) is 58.7 Å². The van der Waals surface area contributed by atoms with Crippen LogP contribution in [0.1, 0.15) is 26.3 Å². The molecule has 23 heavy (non-hydrogen) atoms. The van der Waals surface area contributed by atoms with Gasteiger partial charge in [-0.3, -0.25) is 0 Å². The SMILES string of the molecule is COCOc1cc[c-]cc1CNCCNC(=O)OC(C)(C)C.[Y]. The van der Waals surface area contributed by atoms with Gasteiger partial charge in [-0.2, -0.15) is 18.2 Å². The van der Waals surface area contributed by atoms with Crippen LogP contribution in [0.2, 0.25) is 0 Å². The minimum absolute atomic E-state index is 0. The zero-order valence-corrected chi connectivity index (χ0v) is 17.1. The Balaban J connectivity index is 0.00000484. The van der Waals surface area contributed by atoms with Gasteiger partial charge in [-0.25, -0.2) is 4.79 Å². The quantitative estimate of drug-likeness (QED) is 0.399. The molecule has 0 atom stereocenters. The van der Waals surface area contributed by atoms with Gasteiger partial charge < -0.3 is 24.8 Å². The summed E-state index contributed by atoms with van der Waals surface area (Å²) < 4.78 is 15.5. The van der Waals surface area contributed by atoms with Crippen LogP contribution in [0.3, 0.4) is 0 Å². The summed E-state index contributed by atoms with van der Waals surface area (Å²) in [6.07, 6.45) is -0.411. The molecule has 0 aliphatic carbocycles. The van der Waals surface area contributed by atoms with Gasteiger partial charge in [-0.1, -0.05) is 0 Å². The van der Waals surface area contributed by atoms with Crippen molar-refractivity contribution in [3.63, 3.8) is 0 Å². The van der Waals surface area contributed by atoms with E-state index < -0.39 is 11.7 Å². The molecular weight excluding hydrogens is 373 g/mol. The molecule has 0 bridgehead atoms. The molecule has 1 amide bonds. The summed E-state index contributed by atoms with van der Waals surface area (Å²) >= 11 is 0. The van der Waals surface area contributed by atoms with E-state index in [9.17, 15) is 4.79 Å². The summed E-state index contributed by atoms with van der Waals surface area (Å²) in [6, 6.07) is 8.51. The Hall–Kier alpha value is -0.686. The molecule has 6 nitrogen and oxygen atoms in total. The summed E-state index contributed by atoms with van der Waals surface area (Å²) in [5.74, 6) is 0.758. The van der Waals surface area contributed by atoms with E-state index in [2.05, 4.69) is 16.7 Å². The Morgan fingerprint density at radius 2 is 2.04 bits per heavy atom. The van der Waals surface area contributed by atoms with Gasteiger partial charge in [0.15, 0.2) is 6.79 Å². The monoisotopic (exact) mass is 398 g/mol. The van der Waals surface area contributed by atoms with Crippen molar-refractivity contribution >= 4 is 6.09 Å². The number of benzene rings is 1. The zero-order valence-electron chi connectivity index (χ0n) is 14.3. The predicted octanol–water partition coefficient (Wildman–Crippen LogP) is 2.08. The van der Waals surface area contributed by atoms with E-state index >= 15 is 0 Å². The molecule has 0 spiro atoms. The number of hydrogen-bond donors (Lipinski definition) is 2. The van der Waals surface area contributed by atoms with E-state index in [4.69, 9.17) is 14.2 Å². The molecule has 0 unspecified atom stereocenters. The first kappa shape index (κ1) is 22.3. The van der Waals surface area contributed by atoms with Crippen molar-refractivity contribution in [2.75, 3.05) is 27.0 Å². The van der Waals surface area contributed by atoms with Crippen LogP contribution in [-0.4, -0.2) is 38.7 Å². The van der Waals surface area contributed by atoms with E-state index in [-0.39, 0.29) is 39.5 Å². The minimum Gasteiger partial charge on any atom is -0.493 e. The summed E-state index contributed by atoms with van der Waals surface area (Å²) in [4.78, 5) is 11.5. The molecule has 1 aromatic rings. The number of alkyl carbamates (subject to hydrolysis) is 1. The molecule has 1 rings (SSSR count). The number of carbonyl (C=O) groups excluding carboxylic acids is 1. The second kappa shape index (κ2) is 11.8. The molecule has 1 radical (unpaired) electrons. The van der Waals surface area contributed by atoms with Crippen LogP contribution in [0.4, 0.5) is 4.79 Å². The average Bonchev–Trinajstić information content (AvgIpc) is 2.44. The van der Waals surface area contributed by atoms with Crippen LogP contribution in [0, 0.1) is 6.07 Å². The smallest absolute Gasteiger partial charge is 0.407 e. The Bertz CT molecular complexity index is 464. The van der Waals surface area contributed by atoms with E-state index in [1.54, 1.807) is 13.2 Å². The third kappa shape index (κ3) is 10.7. The third-order valence-electron chi connectivity index (χ3n) is 2.52. The molecule has 0 aliphatic rings. The van der Waals surface area contributed by atoms with Gasteiger partial charge in [0.25, 0.3) is 0 Å². The molecule has 0 saturated carbocycles. The third-order valence-corrected chi connectivity index (χ3v) is 2.52. The fraction of sp³-hybridized carbons (Fsp3) is 0.562. The molecule has 127 valence electrons. The maximum absolute atomic E-state index is 11.5. The maximum atomic E-state index is 11.5. The number of amides is 1. The summed E-state index contributed by atoms with van der Waals surface area (Å²) in [5, 5.41) is 5.92. The molecule has 0 heterocycles. The number of ether oxygens (including phenoxy) is 3. The van der Waals surface area contributed by atoms with E-state index in [0.29, 0.717) is 19.6 Å². The first-order chi connectivity index (χ1) is 10.4. The largest absolute Gasteiger partial charge is 0.493 e. The van der Waals surface area contributed by atoms with Gasteiger partial charge in [0.2, 0.25) is 0 Å². The molecule has 7 heteroatoms. The second-order valence-corrected chi connectivity index (χ2v) is 5.69. The van der Waals surface area contributed by atoms with Crippen LogP contribution in [-0.2, 0) is 48.7 Å². The van der Waals surface area contributed by atoms with Gasteiger partial charge in [-0.15, -0.1) is 11.6 Å². The number of methoxy groups -OCH3 is 1. The van der Waals surface area contributed by atoms with Crippen LogP contribution in [0.5, 0.6) is 5.75 Å². The van der Waals surface area contributed by atoms with Crippen molar-refractivity contribution in [2.45, 2.75) is 32.9 Å². The molecular formula is C16H25N2O4Y-. The van der Waals surface area contributed by atoms with Crippen LogP contribution in [0.15, 0.2) is 18.2 Å². The fourth-order valence-corrected chi connectivity index (χ4v) is 1.64. The Labute approximate surface area is 163 Å². The van der Waals surface area contributed by atoms with Crippen LogP contribution >= 0.6 is 0 Å². The molecule has 0 fully saturated rings. The Morgan fingerprint density at radius 3 is 2.70 bits per heavy atom. The summed E-state index contributed by atoms with van der Waals surface area (Å²) in [6.45, 7) is 7.43. The van der Waals surface area contributed by atoms with E-state index in [1.807, 2.05) is 32.9 Å². The van der Waals surface area contributed by atoms with Crippen molar-refractivity contribution in [1.82, 2.24) is 10.6 Å². The standard InChI is InChI=1S/C16H25N2O4.Y/c1-16(2,3)22-15(19)18-10-9-17-11-13-7-5-6-8-14(13)21-12-20-4;/h6-8,17H,9-12H2,1-4H3,(H,18,19);/q-1;. The van der Waals surface area contributed by atoms with Crippen molar-refractivity contribution in [1.29, 1.82) is 0 Å². The van der Waals surface area contributed by atoms with Crippen molar-refractivity contribution in [3.8, 4) is 5.75 Å². The molecule has 0 aliphatic heterocycles. The van der Waals surface area contributed by atoms with Gasteiger partial charge >= 0.3 is 6.09 Å². The minimum atomic E-state index is -0.481. The van der Waals surface area contributed by atoms with E-state index in [1.165, 1.54) is 0 Å². The Kier molecular flexibility index (Phi) is 11.4. The van der Waals surface area contributed by atoms with Crippen molar-refractivity contribution < 1.29 is 51.7 Å². The predicted molar refractivity (Wildman–Crippen MR) is 83.7 cm³/mol. The number of nitrogens with one attached hydrogen (secondary N) is 2. The van der Waals surface area contributed by atoms with Gasteiger partial charge in [-0.05, 0) is 27.3 Å². The number of hydrogen-bond acceptors (Lipinski definition) is 5. The average molecular weight is 398 g/mol. The van der Waals surface area contributed by atoms with Gasteiger partial charge in [0.1, 0.15) is 5.60 Å². The van der Waals surface area contributed by atoms with Crippen molar-refractivity contribution in [2.24, 2.45) is 0 Å². The normalized spacial score (nSPS) is 10.6. The van der Waals surface area contributed by atoms with Gasteiger partial charge in [0.05, 0.1) is 0 Å². The van der Waals surface area contributed by atoms with Crippen LogP contribution < -0.4 is 15.4 Å². The number of rotatable bonds is 8. The van der Waals surface area contributed by atoms with Crippen LogP contribution in [0.25, 0.3) is 0 Å².